The summed E-state index contributed by atoms with van der Waals surface area (Å²) in [4.78, 5) is 20.7. The van der Waals surface area contributed by atoms with Crippen LogP contribution in [0.1, 0.15) is 68.7 Å². The second kappa shape index (κ2) is 5.77. The summed E-state index contributed by atoms with van der Waals surface area (Å²) in [6, 6.07) is 0. The molecule has 1 aliphatic carbocycles. The van der Waals surface area contributed by atoms with E-state index in [0.29, 0.717) is 22.6 Å². The number of amides is 1. The minimum atomic E-state index is -0.186. The topological polar surface area (TPSA) is 80.9 Å². The van der Waals surface area contributed by atoms with E-state index >= 15 is 0 Å². The van der Waals surface area contributed by atoms with Crippen LogP contribution in [0.5, 0.6) is 0 Å². The Morgan fingerprint density at radius 2 is 2.20 bits per heavy atom. The lowest BCUT2D eigenvalue weighted by molar-refractivity contribution is 0.0939. The van der Waals surface area contributed by atoms with Crippen molar-refractivity contribution in [2.45, 2.75) is 52.4 Å². The van der Waals surface area contributed by atoms with Gasteiger partial charge in [-0.1, -0.05) is 27.2 Å². The third kappa shape index (κ3) is 3.26. The smallest absolute Gasteiger partial charge is 0.272 e. The van der Waals surface area contributed by atoms with Gasteiger partial charge in [-0.2, -0.15) is 0 Å². The van der Waals surface area contributed by atoms with Gasteiger partial charge in [0, 0.05) is 12.5 Å². The molecular formula is C15H24N4O. The van der Waals surface area contributed by atoms with Crippen LogP contribution in [0.4, 0.5) is 5.69 Å². The highest BCUT2D eigenvalue weighted by Crippen LogP contribution is 2.48. The number of hydrogen-bond donors (Lipinski definition) is 2. The zero-order valence-electron chi connectivity index (χ0n) is 12.6. The first-order valence-corrected chi connectivity index (χ1v) is 7.38. The lowest BCUT2D eigenvalue weighted by atomic mass is 10.0. The molecule has 2 rings (SSSR count). The van der Waals surface area contributed by atoms with E-state index < -0.39 is 0 Å². The molecule has 1 aromatic rings. The summed E-state index contributed by atoms with van der Waals surface area (Å²) in [6.45, 7) is 6.89. The zero-order valence-corrected chi connectivity index (χ0v) is 12.6. The van der Waals surface area contributed by atoms with Crippen molar-refractivity contribution in [3.63, 3.8) is 0 Å². The number of anilines is 1. The van der Waals surface area contributed by atoms with Crippen molar-refractivity contribution < 1.29 is 4.79 Å². The molecule has 0 aromatic carbocycles. The highest BCUT2D eigenvalue weighted by Gasteiger charge is 2.41. The molecule has 110 valence electrons. The molecule has 20 heavy (non-hydrogen) atoms. The van der Waals surface area contributed by atoms with Gasteiger partial charge in [0.25, 0.3) is 5.91 Å². The van der Waals surface area contributed by atoms with Crippen molar-refractivity contribution in [3.8, 4) is 0 Å². The molecule has 1 fully saturated rings. The van der Waals surface area contributed by atoms with E-state index in [1.54, 1.807) is 0 Å². The van der Waals surface area contributed by atoms with Gasteiger partial charge >= 0.3 is 0 Å². The summed E-state index contributed by atoms with van der Waals surface area (Å²) >= 11 is 0. The third-order valence-corrected chi connectivity index (χ3v) is 3.93. The first kappa shape index (κ1) is 14.8. The van der Waals surface area contributed by atoms with Crippen LogP contribution in [0, 0.1) is 5.41 Å². The van der Waals surface area contributed by atoms with Crippen LogP contribution in [0.2, 0.25) is 0 Å². The Morgan fingerprint density at radius 1 is 1.50 bits per heavy atom. The van der Waals surface area contributed by atoms with Crippen LogP contribution in [0.25, 0.3) is 0 Å². The highest BCUT2D eigenvalue weighted by molar-refractivity contribution is 5.96. The largest absolute Gasteiger partial charge is 0.396 e. The lowest BCUT2D eigenvalue weighted by Crippen LogP contribution is -2.31. The normalized spacial score (nSPS) is 16.2. The predicted molar refractivity (Wildman–Crippen MR) is 79.4 cm³/mol. The molecule has 0 radical (unpaired) electrons. The van der Waals surface area contributed by atoms with E-state index in [4.69, 9.17) is 5.73 Å². The third-order valence-electron chi connectivity index (χ3n) is 3.93. The van der Waals surface area contributed by atoms with Gasteiger partial charge in [0.1, 0.15) is 5.82 Å². The first-order chi connectivity index (χ1) is 9.47. The second-order valence-corrected chi connectivity index (χ2v) is 6.12. The second-order valence-electron chi connectivity index (χ2n) is 6.12. The Balaban J connectivity index is 2.03. The standard InChI is InChI=1S/C15H24N4O/c1-4-5-15(6-7-15)9-18-14(20)12-11(16)8-17-13(19-12)10(2)3/h8,10H,4-7,9,16H2,1-3H3,(H,18,20). The van der Waals surface area contributed by atoms with Crippen molar-refractivity contribution in [2.75, 3.05) is 12.3 Å². The molecule has 0 saturated heterocycles. The summed E-state index contributed by atoms with van der Waals surface area (Å²) in [5, 5.41) is 2.98. The Bertz CT molecular complexity index is 495. The summed E-state index contributed by atoms with van der Waals surface area (Å²) < 4.78 is 0. The van der Waals surface area contributed by atoms with Gasteiger partial charge < -0.3 is 11.1 Å². The summed E-state index contributed by atoms with van der Waals surface area (Å²) in [6.07, 6.45) is 6.26. The van der Waals surface area contributed by atoms with E-state index in [1.807, 2.05) is 13.8 Å². The Morgan fingerprint density at radius 3 is 2.75 bits per heavy atom. The Labute approximate surface area is 120 Å². The molecule has 0 unspecified atom stereocenters. The molecule has 0 spiro atoms. The maximum atomic E-state index is 12.2. The van der Waals surface area contributed by atoms with Gasteiger partial charge in [0.15, 0.2) is 5.69 Å². The Hall–Kier alpha value is -1.65. The number of aromatic nitrogens is 2. The van der Waals surface area contributed by atoms with Crippen LogP contribution in [0.3, 0.4) is 0 Å². The minimum Gasteiger partial charge on any atom is -0.396 e. The number of rotatable bonds is 6. The molecule has 1 amide bonds. The Kier molecular flexibility index (Phi) is 4.26. The average Bonchev–Trinajstić information content (AvgIpc) is 3.17. The molecule has 1 aromatic heterocycles. The van der Waals surface area contributed by atoms with Crippen LogP contribution in [-0.4, -0.2) is 22.4 Å². The van der Waals surface area contributed by atoms with E-state index in [9.17, 15) is 4.79 Å². The number of hydrogen-bond acceptors (Lipinski definition) is 4. The average molecular weight is 276 g/mol. The van der Waals surface area contributed by atoms with E-state index in [2.05, 4.69) is 22.2 Å². The van der Waals surface area contributed by atoms with Gasteiger partial charge in [-0.15, -0.1) is 0 Å². The number of nitrogen functional groups attached to an aromatic ring is 1. The fraction of sp³-hybridized carbons (Fsp3) is 0.667. The van der Waals surface area contributed by atoms with Gasteiger partial charge in [-0.3, -0.25) is 4.79 Å². The van der Waals surface area contributed by atoms with Crippen molar-refractivity contribution in [3.05, 3.63) is 17.7 Å². The fourth-order valence-corrected chi connectivity index (χ4v) is 2.44. The number of nitrogens with zero attached hydrogens (tertiary/aromatic N) is 2. The monoisotopic (exact) mass is 276 g/mol. The van der Waals surface area contributed by atoms with Gasteiger partial charge in [-0.05, 0) is 24.7 Å². The quantitative estimate of drug-likeness (QED) is 0.836. The maximum Gasteiger partial charge on any atom is 0.272 e. The molecular weight excluding hydrogens is 252 g/mol. The summed E-state index contributed by atoms with van der Waals surface area (Å²) in [5.41, 5.74) is 6.79. The van der Waals surface area contributed by atoms with Gasteiger partial charge in [0.05, 0.1) is 11.9 Å². The summed E-state index contributed by atoms with van der Waals surface area (Å²) in [7, 11) is 0. The van der Waals surface area contributed by atoms with Crippen molar-refractivity contribution in [1.82, 2.24) is 15.3 Å². The maximum absolute atomic E-state index is 12.2. The minimum absolute atomic E-state index is 0.178. The zero-order chi connectivity index (χ0) is 14.8. The van der Waals surface area contributed by atoms with Crippen LogP contribution in [-0.2, 0) is 0 Å². The molecule has 3 N–H and O–H groups in total. The van der Waals surface area contributed by atoms with Crippen LogP contribution < -0.4 is 11.1 Å². The van der Waals surface area contributed by atoms with Gasteiger partial charge in [-0.25, -0.2) is 9.97 Å². The number of nitrogens with one attached hydrogen (secondary N) is 1. The number of carbonyl (C=O) groups is 1. The highest BCUT2D eigenvalue weighted by atomic mass is 16.1. The van der Waals surface area contributed by atoms with E-state index in [1.165, 1.54) is 25.5 Å². The van der Waals surface area contributed by atoms with Crippen LogP contribution in [0.15, 0.2) is 6.20 Å². The number of nitrogens with two attached hydrogens (primary N) is 1. The predicted octanol–water partition coefficient (Wildman–Crippen LogP) is 2.49. The molecule has 0 atom stereocenters. The molecule has 0 bridgehead atoms. The summed E-state index contributed by atoms with van der Waals surface area (Å²) in [5.74, 6) is 0.644. The molecule has 1 saturated carbocycles. The van der Waals surface area contributed by atoms with Crippen molar-refractivity contribution in [1.29, 1.82) is 0 Å². The van der Waals surface area contributed by atoms with E-state index in [0.717, 1.165) is 13.0 Å². The molecule has 1 heterocycles. The first-order valence-electron chi connectivity index (χ1n) is 7.38. The number of carbonyl (C=O) groups excluding carboxylic acids is 1. The molecule has 1 aliphatic rings. The van der Waals surface area contributed by atoms with Gasteiger partial charge in [0.2, 0.25) is 0 Å². The SMILES string of the molecule is CCCC1(CNC(=O)c2nc(C(C)C)ncc2N)CC1. The van der Waals surface area contributed by atoms with Crippen LogP contribution >= 0.6 is 0 Å². The fourth-order valence-electron chi connectivity index (χ4n) is 2.44. The molecule has 5 heteroatoms. The van der Waals surface area contributed by atoms with Crippen molar-refractivity contribution >= 4 is 11.6 Å². The molecule has 0 aliphatic heterocycles. The van der Waals surface area contributed by atoms with E-state index in [-0.39, 0.29) is 11.8 Å². The lowest BCUT2D eigenvalue weighted by Gasteiger charge is -2.15. The van der Waals surface area contributed by atoms with Crippen molar-refractivity contribution in [2.24, 2.45) is 5.41 Å². The molecule has 5 nitrogen and oxygen atoms in total.